The van der Waals surface area contributed by atoms with Crippen LogP contribution in [0.15, 0.2) is 29.2 Å². The van der Waals surface area contributed by atoms with Crippen molar-refractivity contribution in [3.05, 3.63) is 24.3 Å². The first kappa shape index (κ1) is 18.1. The molecule has 1 aromatic carbocycles. The van der Waals surface area contributed by atoms with E-state index < -0.39 is 36.2 Å². The lowest BCUT2D eigenvalue weighted by molar-refractivity contribution is -0.136. The molecule has 1 aromatic rings. The number of aliphatic carboxylic acids is 1. The Bertz CT molecular complexity index is 656. The van der Waals surface area contributed by atoms with E-state index in [1.54, 1.807) is 32.9 Å². The molecule has 1 heterocycles. The second-order valence-electron chi connectivity index (χ2n) is 6.30. The van der Waals surface area contributed by atoms with Gasteiger partial charge in [0.05, 0.1) is 5.69 Å². The molecule has 1 aliphatic heterocycles. The lowest BCUT2D eigenvalue weighted by Crippen LogP contribution is -2.51. The van der Waals surface area contributed by atoms with Gasteiger partial charge in [0.15, 0.2) is 0 Å². The first-order chi connectivity index (χ1) is 11.2. The minimum Gasteiger partial charge on any atom is -0.480 e. The number of hydrogen-bond donors (Lipinski definition) is 2. The number of benzene rings is 1. The first-order valence-electron chi connectivity index (χ1n) is 7.42. The second kappa shape index (κ2) is 7.12. The van der Waals surface area contributed by atoms with Gasteiger partial charge < -0.3 is 15.2 Å². The molecular weight excluding hydrogens is 332 g/mol. The predicted octanol–water partition coefficient (Wildman–Crippen LogP) is 2.10. The number of amides is 2. The number of carbonyl (C=O) groups is 3. The summed E-state index contributed by atoms with van der Waals surface area (Å²) in [6, 6.07) is 6.20. The van der Waals surface area contributed by atoms with Crippen molar-refractivity contribution in [2.75, 3.05) is 17.2 Å². The molecule has 0 aliphatic carbocycles. The Morgan fingerprint density at radius 1 is 1.38 bits per heavy atom. The normalized spacial score (nSPS) is 17.7. The summed E-state index contributed by atoms with van der Waals surface area (Å²) in [4.78, 5) is 37.8. The number of thioether (sulfide) groups is 1. The van der Waals surface area contributed by atoms with Gasteiger partial charge in [-0.2, -0.15) is 0 Å². The molecule has 0 radical (unpaired) electrons. The predicted molar refractivity (Wildman–Crippen MR) is 90.3 cm³/mol. The molecule has 0 bridgehead atoms. The number of rotatable bonds is 3. The van der Waals surface area contributed by atoms with E-state index in [1.165, 1.54) is 16.7 Å². The molecule has 2 N–H and O–H groups in total. The minimum absolute atomic E-state index is 0.297. The van der Waals surface area contributed by atoms with Gasteiger partial charge in [0.25, 0.3) is 5.91 Å². The van der Waals surface area contributed by atoms with Crippen molar-refractivity contribution < 1.29 is 24.2 Å². The van der Waals surface area contributed by atoms with Crippen LogP contribution in [0.3, 0.4) is 0 Å². The fourth-order valence-corrected chi connectivity index (χ4v) is 3.28. The summed E-state index contributed by atoms with van der Waals surface area (Å²) in [6.07, 6.45) is -0.706. The molecule has 0 spiro atoms. The SMILES string of the molecule is CC(C)(C)OC(=O)N[C@H]1CSc2ccccc2N(CC(=O)O)C1=O. The van der Waals surface area contributed by atoms with Crippen LogP contribution in [-0.4, -0.2) is 47.0 Å². The molecule has 0 fully saturated rings. The maximum absolute atomic E-state index is 12.7. The highest BCUT2D eigenvalue weighted by Gasteiger charge is 2.33. The number of hydrogen-bond acceptors (Lipinski definition) is 5. The van der Waals surface area contributed by atoms with Crippen LogP contribution in [0, 0.1) is 0 Å². The zero-order valence-electron chi connectivity index (χ0n) is 13.7. The van der Waals surface area contributed by atoms with Crippen LogP contribution >= 0.6 is 11.8 Å². The van der Waals surface area contributed by atoms with Crippen LogP contribution in [-0.2, 0) is 14.3 Å². The number of alkyl carbamates (subject to hydrolysis) is 1. The standard InChI is InChI=1S/C16H20N2O5S/c1-16(2,3)23-15(22)17-10-9-24-12-7-5-4-6-11(12)18(14(10)21)8-13(19)20/h4-7,10H,8-9H2,1-3H3,(H,17,22)(H,19,20)/t10-/m0/s1. The Kier molecular flexibility index (Phi) is 5.38. The van der Waals surface area contributed by atoms with E-state index in [9.17, 15) is 14.4 Å². The Labute approximate surface area is 144 Å². The Morgan fingerprint density at radius 3 is 2.67 bits per heavy atom. The highest BCUT2D eigenvalue weighted by atomic mass is 32.2. The quantitative estimate of drug-likeness (QED) is 0.865. The Hall–Kier alpha value is -2.22. The lowest BCUT2D eigenvalue weighted by Gasteiger charge is -2.25. The van der Waals surface area contributed by atoms with Gasteiger partial charge in [-0.1, -0.05) is 12.1 Å². The van der Waals surface area contributed by atoms with Crippen molar-refractivity contribution in [1.29, 1.82) is 0 Å². The van der Waals surface area contributed by atoms with Gasteiger partial charge in [0.2, 0.25) is 0 Å². The molecule has 0 saturated carbocycles. The summed E-state index contributed by atoms with van der Waals surface area (Å²) in [5.41, 5.74) is -0.155. The van der Waals surface area contributed by atoms with Gasteiger partial charge in [-0.05, 0) is 32.9 Å². The zero-order valence-corrected chi connectivity index (χ0v) is 14.6. The van der Waals surface area contributed by atoms with E-state index in [2.05, 4.69) is 5.32 Å². The highest BCUT2D eigenvalue weighted by molar-refractivity contribution is 7.99. The number of carboxylic acid groups (broad SMARTS) is 1. The van der Waals surface area contributed by atoms with Crippen molar-refractivity contribution in [1.82, 2.24) is 5.32 Å². The van der Waals surface area contributed by atoms with Crippen LogP contribution < -0.4 is 10.2 Å². The van der Waals surface area contributed by atoms with Crippen LogP contribution in [0.5, 0.6) is 0 Å². The van der Waals surface area contributed by atoms with Crippen molar-refractivity contribution in [3.63, 3.8) is 0 Å². The molecule has 24 heavy (non-hydrogen) atoms. The van der Waals surface area contributed by atoms with Crippen molar-refractivity contribution >= 4 is 35.4 Å². The molecule has 0 saturated heterocycles. The van der Waals surface area contributed by atoms with Gasteiger partial charge in [0.1, 0.15) is 18.2 Å². The monoisotopic (exact) mass is 352 g/mol. The summed E-state index contributed by atoms with van der Waals surface area (Å²) < 4.78 is 5.18. The highest BCUT2D eigenvalue weighted by Crippen LogP contribution is 2.34. The molecule has 1 aliphatic rings. The Balaban J connectivity index is 2.23. The number of para-hydroxylation sites is 1. The van der Waals surface area contributed by atoms with Gasteiger partial charge in [0, 0.05) is 10.6 Å². The van der Waals surface area contributed by atoms with Gasteiger partial charge in [-0.25, -0.2) is 4.79 Å². The van der Waals surface area contributed by atoms with Crippen LogP contribution in [0.25, 0.3) is 0 Å². The van der Waals surface area contributed by atoms with Gasteiger partial charge >= 0.3 is 12.1 Å². The average Bonchev–Trinajstić information content (AvgIpc) is 2.57. The minimum atomic E-state index is -1.12. The fourth-order valence-electron chi connectivity index (χ4n) is 2.21. The third-order valence-corrected chi connectivity index (χ3v) is 4.27. The van der Waals surface area contributed by atoms with Crippen molar-refractivity contribution in [3.8, 4) is 0 Å². The van der Waals surface area contributed by atoms with Crippen LogP contribution in [0.4, 0.5) is 10.5 Å². The number of carboxylic acids is 1. The number of ether oxygens (including phenoxy) is 1. The third kappa shape index (κ3) is 4.64. The lowest BCUT2D eigenvalue weighted by atomic mass is 10.2. The number of fused-ring (bicyclic) bond motifs is 1. The number of nitrogens with one attached hydrogen (secondary N) is 1. The molecule has 7 nitrogen and oxygen atoms in total. The van der Waals surface area contributed by atoms with Crippen LogP contribution in [0.1, 0.15) is 20.8 Å². The maximum Gasteiger partial charge on any atom is 0.408 e. The van der Waals surface area contributed by atoms with E-state index in [0.717, 1.165) is 4.90 Å². The van der Waals surface area contributed by atoms with Crippen molar-refractivity contribution in [2.45, 2.75) is 37.3 Å². The van der Waals surface area contributed by atoms with Crippen LogP contribution in [0.2, 0.25) is 0 Å². The number of carbonyl (C=O) groups excluding carboxylic acids is 2. The average molecular weight is 352 g/mol. The summed E-state index contributed by atoms with van der Waals surface area (Å²) >= 11 is 1.39. The van der Waals surface area contributed by atoms with E-state index >= 15 is 0 Å². The molecule has 0 aromatic heterocycles. The summed E-state index contributed by atoms with van der Waals surface area (Å²) in [5.74, 6) is -1.30. The van der Waals surface area contributed by atoms with Gasteiger partial charge in [-0.15, -0.1) is 11.8 Å². The largest absolute Gasteiger partial charge is 0.480 e. The molecule has 1 atom stereocenters. The third-order valence-electron chi connectivity index (χ3n) is 3.11. The molecule has 2 amide bonds. The topological polar surface area (TPSA) is 95.9 Å². The van der Waals surface area contributed by atoms with E-state index in [1.807, 2.05) is 12.1 Å². The maximum atomic E-state index is 12.7. The van der Waals surface area contributed by atoms with E-state index in [-0.39, 0.29) is 0 Å². The van der Waals surface area contributed by atoms with Crippen molar-refractivity contribution in [2.24, 2.45) is 0 Å². The summed E-state index contributed by atoms with van der Waals surface area (Å²) in [7, 11) is 0. The molecule has 130 valence electrons. The molecule has 8 heteroatoms. The first-order valence-corrected chi connectivity index (χ1v) is 8.40. The van der Waals surface area contributed by atoms with Gasteiger partial charge in [-0.3, -0.25) is 14.5 Å². The molecular formula is C16H20N2O5S. The molecule has 2 rings (SSSR count). The number of anilines is 1. The Morgan fingerprint density at radius 2 is 2.04 bits per heavy atom. The summed E-state index contributed by atoms with van der Waals surface area (Å²) in [6.45, 7) is 4.71. The zero-order chi connectivity index (χ0) is 17.9. The molecule has 0 unspecified atom stereocenters. The smallest absolute Gasteiger partial charge is 0.408 e. The number of nitrogens with zero attached hydrogens (tertiary/aromatic N) is 1. The van der Waals surface area contributed by atoms with E-state index in [4.69, 9.17) is 9.84 Å². The fraction of sp³-hybridized carbons (Fsp3) is 0.438. The second-order valence-corrected chi connectivity index (χ2v) is 7.36. The van der Waals surface area contributed by atoms with E-state index in [0.29, 0.717) is 11.4 Å². The summed E-state index contributed by atoms with van der Waals surface area (Å²) in [5, 5.41) is 11.6.